The second-order valence-electron chi connectivity index (χ2n) is 5.16. The summed E-state index contributed by atoms with van der Waals surface area (Å²) >= 11 is 1.13. The number of nitrogen functional groups attached to an aromatic ring is 1. The largest absolute Gasteiger partial charge is 0.382 e. The number of hydrogen-bond donors (Lipinski definition) is 2. The monoisotopic (exact) mass is 289 g/mol. The molecule has 3 unspecified atom stereocenters. The van der Waals surface area contributed by atoms with E-state index in [2.05, 4.69) is 23.5 Å². The van der Waals surface area contributed by atoms with E-state index in [-0.39, 0.29) is 10.7 Å². The average Bonchev–Trinajstić information content (AvgIpc) is 2.76. The molecule has 1 aliphatic rings. The number of aromatic nitrogens is 1. The summed E-state index contributed by atoms with van der Waals surface area (Å²) in [7, 11) is -3.33. The molecule has 0 bridgehead atoms. The minimum absolute atomic E-state index is 0.101. The topological polar surface area (TPSA) is 85.1 Å². The molecule has 7 heteroatoms. The lowest BCUT2D eigenvalue weighted by molar-refractivity contribution is 0.435. The molecule has 0 aliphatic heterocycles. The maximum Gasteiger partial charge on any atom is 0.182 e. The van der Waals surface area contributed by atoms with E-state index < -0.39 is 9.84 Å². The summed E-state index contributed by atoms with van der Waals surface area (Å²) in [4.78, 5) is 0.152. The molecule has 2 rings (SSSR count). The predicted molar refractivity (Wildman–Crippen MR) is 74.6 cm³/mol. The van der Waals surface area contributed by atoms with Gasteiger partial charge in [-0.05, 0) is 36.2 Å². The van der Waals surface area contributed by atoms with Crippen LogP contribution in [0.5, 0.6) is 0 Å². The van der Waals surface area contributed by atoms with E-state index in [0.717, 1.165) is 18.0 Å². The number of nitrogens with zero attached hydrogens (tertiary/aromatic N) is 1. The summed E-state index contributed by atoms with van der Waals surface area (Å²) in [5.41, 5.74) is 5.64. The van der Waals surface area contributed by atoms with Crippen LogP contribution in [0, 0.1) is 11.8 Å². The van der Waals surface area contributed by atoms with Crippen molar-refractivity contribution in [2.24, 2.45) is 11.8 Å². The SMILES string of the molecule is CC1CCC(Nc2snc(N)c2S(C)(=O)=O)C1C. The maximum absolute atomic E-state index is 11.7. The summed E-state index contributed by atoms with van der Waals surface area (Å²) in [6, 6.07) is 0.306. The van der Waals surface area contributed by atoms with Gasteiger partial charge in [-0.15, -0.1) is 0 Å². The molecular weight excluding hydrogens is 270 g/mol. The van der Waals surface area contributed by atoms with Crippen molar-refractivity contribution in [1.29, 1.82) is 0 Å². The van der Waals surface area contributed by atoms with Crippen molar-refractivity contribution in [3.05, 3.63) is 0 Å². The highest BCUT2D eigenvalue weighted by atomic mass is 32.2. The fraction of sp³-hybridized carbons (Fsp3) is 0.727. The van der Waals surface area contributed by atoms with Crippen LogP contribution in [0.3, 0.4) is 0 Å². The maximum atomic E-state index is 11.7. The van der Waals surface area contributed by atoms with Crippen LogP contribution in [0.2, 0.25) is 0 Å². The van der Waals surface area contributed by atoms with Gasteiger partial charge < -0.3 is 11.1 Å². The minimum Gasteiger partial charge on any atom is -0.382 e. The normalized spacial score (nSPS) is 28.5. The Kier molecular flexibility index (Phi) is 3.55. The van der Waals surface area contributed by atoms with Crippen LogP contribution in [0.25, 0.3) is 0 Å². The number of hydrogen-bond acceptors (Lipinski definition) is 6. The van der Waals surface area contributed by atoms with E-state index in [1.54, 1.807) is 0 Å². The van der Waals surface area contributed by atoms with Crippen LogP contribution in [0.15, 0.2) is 4.90 Å². The summed E-state index contributed by atoms with van der Waals surface area (Å²) < 4.78 is 27.4. The molecule has 3 atom stereocenters. The number of anilines is 2. The average molecular weight is 289 g/mol. The lowest BCUT2D eigenvalue weighted by Gasteiger charge is -2.20. The van der Waals surface area contributed by atoms with Crippen LogP contribution in [-0.2, 0) is 9.84 Å². The Hall–Kier alpha value is -0.820. The van der Waals surface area contributed by atoms with Crippen molar-refractivity contribution in [3.8, 4) is 0 Å². The first-order chi connectivity index (χ1) is 8.30. The Morgan fingerprint density at radius 1 is 1.39 bits per heavy atom. The smallest absolute Gasteiger partial charge is 0.182 e. The standard InChI is InChI=1S/C11H19N3O2S2/c1-6-4-5-8(7(6)2)13-11-9(18(3,15)16)10(12)14-17-11/h6-8,13H,4-5H2,1-3H3,(H2,12,14). The molecule has 5 nitrogen and oxygen atoms in total. The van der Waals surface area contributed by atoms with Crippen molar-refractivity contribution >= 4 is 32.2 Å². The van der Waals surface area contributed by atoms with Gasteiger partial charge in [0.2, 0.25) is 0 Å². The van der Waals surface area contributed by atoms with Crippen molar-refractivity contribution < 1.29 is 8.42 Å². The van der Waals surface area contributed by atoms with E-state index >= 15 is 0 Å². The summed E-state index contributed by atoms with van der Waals surface area (Å²) in [5, 5.41) is 3.90. The van der Waals surface area contributed by atoms with Crippen molar-refractivity contribution in [2.75, 3.05) is 17.3 Å². The first kappa shape index (κ1) is 13.6. The fourth-order valence-electron chi connectivity index (χ4n) is 2.48. The van der Waals surface area contributed by atoms with Gasteiger partial charge >= 0.3 is 0 Å². The molecule has 1 saturated carbocycles. The van der Waals surface area contributed by atoms with Crippen LogP contribution >= 0.6 is 11.5 Å². The third-order valence-electron chi connectivity index (χ3n) is 3.83. The van der Waals surface area contributed by atoms with Crippen LogP contribution < -0.4 is 11.1 Å². The molecule has 102 valence electrons. The van der Waals surface area contributed by atoms with Crippen LogP contribution in [0.1, 0.15) is 26.7 Å². The zero-order chi connectivity index (χ0) is 13.5. The molecule has 18 heavy (non-hydrogen) atoms. The zero-order valence-corrected chi connectivity index (χ0v) is 12.4. The van der Waals surface area contributed by atoms with Gasteiger partial charge in [0.1, 0.15) is 9.90 Å². The summed E-state index contributed by atoms with van der Waals surface area (Å²) in [6.07, 6.45) is 3.39. The Morgan fingerprint density at radius 2 is 2.06 bits per heavy atom. The van der Waals surface area contributed by atoms with Gasteiger partial charge in [0.15, 0.2) is 15.7 Å². The molecule has 1 fully saturated rings. The molecule has 1 aromatic rings. The molecule has 0 amide bonds. The highest BCUT2D eigenvalue weighted by molar-refractivity contribution is 7.91. The Balaban J connectivity index is 2.26. The highest BCUT2D eigenvalue weighted by Gasteiger charge is 2.32. The van der Waals surface area contributed by atoms with E-state index in [1.807, 2.05) is 0 Å². The molecule has 1 aliphatic carbocycles. The second-order valence-corrected chi connectivity index (χ2v) is 7.89. The minimum atomic E-state index is -3.33. The van der Waals surface area contributed by atoms with E-state index in [0.29, 0.717) is 22.9 Å². The van der Waals surface area contributed by atoms with Gasteiger partial charge in [0.25, 0.3) is 0 Å². The van der Waals surface area contributed by atoms with E-state index in [1.165, 1.54) is 12.7 Å². The lowest BCUT2D eigenvalue weighted by Crippen LogP contribution is -2.24. The molecule has 0 radical (unpaired) electrons. The lowest BCUT2D eigenvalue weighted by atomic mass is 9.98. The Bertz CT molecular complexity index is 538. The summed E-state index contributed by atoms with van der Waals surface area (Å²) in [5.74, 6) is 1.29. The Morgan fingerprint density at radius 3 is 2.56 bits per heavy atom. The van der Waals surface area contributed by atoms with Gasteiger partial charge in [-0.1, -0.05) is 13.8 Å². The van der Waals surface area contributed by atoms with Crippen molar-refractivity contribution in [2.45, 2.75) is 37.6 Å². The molecule has 1 heterocycles. The first-order valence-corrected chi connectivity index (χ1v) is 8.69. The van der Waals surface area contributed by atoms with E-state index in [9.17, 15) is 8.42 Å². The van der Waals surface area contributed by atoms with Crippen molar-refractivity contribution in [1.82, 2.24) is 4.37 Å². The van der Waals surface area contributed by atoms with Gasteiger partial charge in [-0.3, -0.25) is 0 Å². The van der Waals surface area contributed by atoms with Crippen molar-refractivity contribution in [3.63, 3.8) is 0 Å². The third-order valence-corrected chi connectivity index (χ3v) is 5.90. The molecule has 0 saturated heterocycles. The molecule has 1 aromatic heterocycles. The molecule has 3 N–H and O–H groups in total. The van der Waals surface area contributed by atoms with Crippen LogP contribution in [0.4, 0.5) is 10.8 Å². The van der Waals surface area contributed by atoms with Gasteiger partial charge in [0, 0.05) is 12.3 Å². The first-order valence-electron chi connectivity index (χ1n) is 6.02. The zero-order valence-electron chi connectivity index (χ0n) is 10.8. The number of nitrogens with one attached hydrogen (secondary N) is 1. The predicted octanol–water partition coefficient (Wildman–Crippen LogP) is 1.98. The molecule has 0 aromatic carbocycles. The van der Waals surface area contributed by atoms with Gasteiger partial charge in [-0.2, -0.15) is 4.37 Å². The summed E-state index contributed by atoms with van der Waals surface area (Å²) in [6.45, 7) is 4.42. The number of rotatable bonds is 3. The molecular formula is C11H19N3O2S2. The third kappa shape index (κ3) is 2.47. The van der Waals surface area contributed by atoms with Gasteiger partial charge in [0.05, 0.1) is 0 Å². The van der Waals surface area contributed by atoms with Gasteiger partial charge in [-0.25, -0.2) is 8.42 Å². The molecule has 0 spiro atoms. The van der Waals surface area contributed by atoms with E-state index in [4.69, 9.17) is 5.73 Å². The quantitative estimate of drug-likeness (QED) is 0.888. The number of nitrogens with two attached hydrogens (primary N) is 1. The van der Waals surface area contributed by atoms with Crippen LogP contribution in [-0.4, -0.2) is 25.1 Å². The number of sulfone groups is 1. The fourth-order valence-corrected chi connectivity index (χ4v) is 4.60. The second kappa shape index (κ2) is 4.70. The Labute approximate surface area is 112 Å². The highest BCUT2D eigenvalue weighted by Crippen LogP contribution is 2.37.